The Morgan fingerprint density at radius 3 is 2.39 bits per heavy atom. The maximum Gasteiger partial charge on any atom is 0.337 e. The van der Waals surface area contributed by atoms with E-state index in [-0.39, 0.29) is 11.0 Å². The Balaban J connectivity index is 2.46. The molecule has 0 bridgehead atoms. The molecule has 4 nitrogen and oxygen atoms in total. The summed E-state index contributed by atoms with van der Waals surface area (Å²) in [6.45, 7) is 11.5. The first-order valence-electron chi connectivity index (χ1n) is 7.82. The highest BCUT2D eigenvalue weighted by atomic mass is 16.4. The van der Waals surface area contributed by atoms with Gasteiger partial charge in [-0.2, -0.15) is 0 Å². The molecule has 0 aliphatic heterocycles. The normalized spacial score (nSPS) is 11.3. The summed E-state index contributed by atoms with van der Waals surface area (Å²) in [4.78, 5) is 17.4. The maximum absolute atomic E-state index is 11.0. The number of carbonyl (C=O) groups is 1. The van der Waals surface area contributed by atoms with E-state index in [9.17, 15) is 4.79 Å². The van der Waals surface area contributed by atoms with Gasteiger partial charge in [-0.3, -0.25) is 0 Å². The van der Waals surface area contributed by atoms with Crippen LogP contribution in [0.4, 0.5) is 11.5 Å². The van der Waals surface area contributed by atoms with E-state index >= 15 is 0 Å². The Bertz CT molecular complexity index is 700. The van der Waals surface area contributed by atoms with Crippen LogP contribution in [0.5, 0.6) is 0 Å². The van der Waals surface area contributed by atoms with Crippen molar-refractivity contribution in [3.63, 3.8) is 0 Å². The highest BCUT2D eigenvalue weighted by Crippen LogP contribution is 2.32. The highest BCUT2D eigenvalue weighted by molar-refractivity contribution is 5.87. The van der Waals surface area contributed by atoms with Crippen molar-refractivity contribution >= 4 is 17.5 Å². The number of anilines is 2. The largest absolute Gasteiger partial charge is 0.478 e. The van der Waals surface area contributed by atoms with E-state index in [1.807, 2.05) is 0 Å². The van der Waals surface area contributed by atoms with Crippen molar-refractivity contribution < 1.29 is 9.90 Å². The van der Waals surface area contributed by atoms with Gasteiger partial charge in [-0.1, -0.05) is 32.9 Å². The Morgan fingerprint density at radius 1 is 1.22 bits per heavy atom. The molecule has 0 unspecified atom stereocenters. The number of pyridine rings is 1. The minimum atomic E-state index is -0.960. The lowest BCUT2D eigenvalue weighted by Crippen LogP contribution is -2.20. The van der Waals surface area contributed by atoms with Crippen LogP contribution in [0.2, 0.25) is 0 Å². The minimum absolute atomic E-state index is 0.0719. The van der Waals surface area contributed by atoms with Crippen molar-refractivity contribution in [3.8, 4) is 0 Å². The summed E-state index contributed by atoms with van der Waals surface area (Å²) in [7, 11) is 0. The zero-order valence-corrected chi connectivity index (χ0v) is 14.4. The van der Waals surface area contributed by atoms with E-state index in [1.54, 1.807) is 12.1 Å². The predicted molar refractivity (Wildman–Crippen MR) is 93.8 cm³/mol. The van der Waals surface area contributed by atoms with E-state index in [2.05, 4.69) is 62.7 Å². The van der Waals surface area contributed by atoms with E-state index in [0.29, 0.717) is 0 Å². The summed E-state index contributed by atoms with van der Waals surface area (Å²) in [5, 5.41) is 9.00. The summed E-state index contributed by atoms with van der Waals surface area (Å²) in [6.07, 6.45) is 1.41. The van der Waals surface area contributed by atoms with Gasteiger partial charge < -0.3 is 10.0 Å². The van der Waals surface area contributed by atoms with Gasteiger partial charge in [0.25, 0.3) is 0 Å². The smallest absolute Gasteiger partial charge is 0.337 e. The SMILES string of the molecule is CCN(c1ccc(C(=O)O)cn1)c1cc(C(C)(C)C)ccc1C. The van der Waals surface area contributed by atoms with E-state index < -0.39 is 5.97 Å². The van der Waals surface area contributed by atoms with Gasteiger partial charge in [-0.25, -0.2) is 9.78 Å². The van der Waals surface area contributed by atoms with Crippen molar-refractivity contribution in [2.24, 2.45) is 0 Å². The van der Waals surface area contributed by atoms with Crippen LogP contribution in [0.15, 0.2) is 36.5 Å². The number of rotatable bonds is 4. The number of hydrogen-bond donors (Lipinski definition) is 1. The highest BCUT2D eigenvalue weighted by Gasteiger charge is 2.18. The molecule has 0 atom stereocenters. The third-order valence-corrected chi connectivity index (χ3v) is 3.95. The summed E-state index contributed by atoms with van der Waals surface area (Å²) in [5.74, 6) is -0.204. The zero-order chi connectivity index (χ0) is 17.2. The lowest BCUT2D eigenvalue weighted by Gasteiger charge is -2.27. The molecule has 1 aromatic heterocycles. The number of nitrogens with zero attached hydrogens (tertiary/aromatic N) is 2. The Kier molecular flexibility index (Phi) is 4.73. The Labute approximate surface area is 137 Å². The number of aromatic carboxylic acids is 1. The summed E-state index contributed by atoms with van der Waals surface area (Å²) in [5.41, 5.74) is 3.81. The van der Waals surface area contributed by atoms with Crippen LogP contribution in [-0.4, -0.2) is 22.6 Å². The minimum Gasteiger partial charge on any atom is -0.478 e. The lowest BCUT2D eigenvalue weighted by molar-refractivity contribution is 0.0696. The second-order valence-electron chi connectivity index (χ2n) is 6.71. The Morgan fingerprint density at radius 2 is 1.91 bits per heavy atom. The average molecular weight is 312 g/mol. The molecule has 0 saturated heterocycles. The van der Waals surface area contributed by atoms with E-state index in [0.717, 1.165) is 18.1 Å². The molecule has 0 spiro atoms. The monoisotopic (exact) mass is 312 g/mol. The van der Waals surface area contributed by atoms with Gasteiger partial charge in [0.2, 0.25) is 0 Å². The molecule has 1 heterocycles. The van der Waals surface area contributed by atoms with Crippen LogP contribution in [0, 0.1) is 6.92 Å². The molecule has 122 valence electrons. The third-order valence-electron chi connectivity index (χ3n) is 3.95. The van der Waals surface area contributed by atoms with Gasteiger partial charge in [-0.15, -0.1) is 0 Å². The second kappa shape index (κ2) is 6.41. The predicted octanol–water partition coefficient (Wildman–Crippen LogP) is 4.54. The molecule has 1 N–H and O–H groups in total. The number of carboxylic acid groups (broad SMARTS) is 1. The number of aryl methyl sites for hydroxylation is 1. The molecule has 4 heteroatoms. The molecular formula is C19H24N2O2. The molecule has 0 aliphatic rings. The number of carboxylic acids is 1. The van der Waals surface area contributed by atoms with Crippen LogP contribution in [0.1, 0.15) is 49.2 Å². The first-order valence-corrected chi connectivity index (χ1v) is 7.82. The van der Waals surface area contributed by atoms with Gasteiger partial charge in [-0.05, 0) is 48.6 Å². The van der Waals surface area contributed by atoms with Crippen LogP contribution in [-0.2, 0) is 5.41 Å². The van der Waals surface area contributed by atoms with Crippen LogP contribution in [0.3, 0.4) is 0 Å². The van der Waals surface area contributed by atoms with Gasteiger partial charge >= 0.3 is 5.97 Å². The summed E-state index contributed by atoms with van der Waals surface area (Å²) in [6, 6.07) is 9.84. The van der Waals surface area contributed by atoms with Crippen LogP contribution >= 0.6 is 0 Å². The molecule has 2 rings (SSSR count). The molecule has 1 aromatic carbocycles. The topological polar surface area (TPSA) is 53.4 Å². The molecular weight excluding hydrogens is 288 g/mol. The van der Waals surface area contributed by atoms with Crippen molar-refractivity contribution in [2.45, 2.75) is 40.0 Å². The molecule has 2 aromatic rings. The molecule has 0 fully saturated rings. The number of aromatic nitrogens is 1. The number of benzene rings is 1. The van der Waals surface area contributed by atoms with Crippen LogP contribution < -0.4 is 4.90 Å². The van der Waals surface area contributed by atoms with Crippen molar-refractivity contribution in [2.75, 3.05) is 11.4 Å². The average Bonchev–Trinajstić information content (AvgIpc) is 2.49. The number of hydrogen-bond acceptors (Lipinski definition) is 3. The second-order valence-corrected chi connectivity index (χ2v) is 6.71. The molecule has 0 aliphatic carbocycles. The standard InChI is InChI=1S/C19H24N2O2/c1-6-21(17-10-8-14(12-20-17)18(22)23)16-11-15(19(3,4)5)9-7-13(16)2/h7-12H,6H2,1-5H3,(H,22,23). The fraction of sp³-hybridized carbons (Fsp3) is 0.368. The molecule has 23 heavy (non-hydrogen) atoms. The third kappa shape index (κ3) is 3.70. The molecule has 0 saturated carbocycles. The Hall–Kier alpha value is -2.36. The van der Waals surface area contributed by atoms with Crippen LogP contribution in [0.25, 0.3) is 0 Å². The summed E-state index contributed by atoms with van der Waals surface area (Å²) >= 11 is 0. The van der Waals surface area contributed by atoms with Crippen molar-refractivity contribution in [3.05, 3.63) is 53.2 Å². The molecule has 0 radical (unpaired) electrons. The lowest BCUT2D eigenvalue weighted by atomic mass is 9.86. The van der Waals surface area contributed by atoms with Gasteiger partial charge in [0.05, 0.1) is 5.56 Å². The fourth-order valence-corrected chi connectivity index (χ4v) is 2.49. The molecule has 0 amide bonds. The van der Waals surface area contributed by atoms with Crippen molar-refractivity contribution in [1.29, 1.82) is 0 Å². The summed E-state index contributed by atoms with van der Waals surface area (Å²) < 4.78 is 0. The quantitative estimate of drug-likeness (QED) is 0.900. The zero-order valence-electron chi connectivity index (χ0n) is 14.4. The van der Waals surface area contributed by atoms with E-state index in [4.69, 9.17) is 5.11 Å². The van der Waals surface area contributed by atoms with E-state index in [1.165, 1.54) is 17.3 Å². The maximum atomic E-state index is 11.0. The van der Waals surface area contributed by atoms with Gasteiger partial charge in [0, 0.05) is 18.4 Å². The van der Waals surface area contributed by atoms with Crippen molar-refractivity contribution in [1.82, 2.24) is 4.98 Å². The first kappa shape index (κ1) is 17.0. The van der Waals surface area contributed by atoms with Gasteiger partial charge in [0.15, 0.2) is 0 Å². The van der Waals surface area contributed by atoms with Gasteiger partial charge in [0.1, 0.15) is 5.82 Å². The first-order chi connectivity index (χ1) is 10.7. The fourth-order valence-electron chi connectivity index (χ4n) is 2.49.